The summed E-state index contributed by atoms with van der Waals surface area (Å²) in [5, 5.41) is 8.74. The number of nitrogen functional groups attached to an aromatic ring is 1. The summed E-state index contributed by atoms with van der Waals surface area (Å²) in [4.78, 5) is 10.7. The number of quaternary nitrogens is 1. The van der Waals surface area contributed by atoms with E-state index in [2.05, 4.69) is 0 Å². The summed E-state index contributed by atoms with van der Waals surface area (Å²) in [6, 6.07) is 4.80. The van der Waals surface area contributed by atoms with Crippen LogP contribution in [0.4, 0.5) is 11.4 Å². The number of carboxylic acids is 1. The second kappa shape index (κ2) is 3.31. The highest BCUT2D eigenvalue weighted by molar-refractivity contribution is 5.90. The number of aromatic carboxylic acids is 1. The standard InChI is InChI=1S/C10H14N2O2/c1-12(2,3)9-5-4-7(10(13)14)6-8(9)11/h4-6H,11H2,1-3H3/p+1. The summed E-state index contributed by atoms with van der Waals surface area (Å²) in [7, 11) is 5.93. The summed E-state index contributed by atoms with van der Waals surface area (Å²) in [6.45, 7) is 0. The fraction of sp³-hybridized carbons (Fsp3) is 0.300. The number of hydrogen-bond donors (Lipinski definition) is 2. The number of nitrogens with zero attached hydrogens (tertiary/aromatic N) is 1. The largest absolute Gasteiger partial charge is 0.478 e. The normalized spacial score (nSPS) is 11.4. The first-order valence-electron chi connectivity index (χ1n) is 4.27. The molecule has 0 amide bonds. The number of nitrogens with two attached hydrogens (primary N) is 1. The third kappa shape index (κ3) is 2.03. The molecule has 0 aromatic heterocycles. The van der Waals surface area contributed by atoms with E-state index in [9.17, 15) is 4.79 Å². The summed E-state index contributed by atoms with van der Waals surface area (Å²) in [5.41, 5.74) is 7.41. The molecule has 0 bridgehead atoms. The lowest BCUT2D eigenvalue weighted by Crippen LogP contribution is -2.35. The minimum atomic E-state index is -0.954. The maximum atomic E-state index is 10.7. The zero-order chi connectivity index (χ0) is 10.9. The van der Waals surface area contributed by atoms with Gasteiger partial charge < -0.3 is 10.8 Å². The third-order valence-electron chi connectivity index (χ3n) is 2.00. The predicted molar refractivity (Wildman–Crippen MR) is 57.4 cm³/mol. The molecular formula is C10H15N2O2+. The van der Waals surface area contributed by atoms with Gasteiger partial charge in [0.15, 0.2) is 5.69 Å². The van der Waals surface area contributed by atoms with E-state index in [1.807, 2.05) is 21.1 Å². The smallest absolute Gasteiger partial charge is 0.335 e. The topological polar surface area (TPSA) is 63.3 Å². The number of rotatable bonds is 2. The molecule has 0 radical (unpaired) electrons. The molecule has 14 heavy (non-hydrogen) atoms. The molecule has 1 rings (SSSR count). The van der Waals surface area contributed by atoms with Crippen molar-refractivity contribution in [3.05, 3.63) is 23.8 Å². The quantitative estimate of drug-likeness (QED) is 0.550. The van der Waals surface area contributed by atoms with Gasteiger partial charge in [-0.2, -0.15) is 0 Å². The van der Waals surface area contributed by atoms with Gasteiger partial charge in [-0.25, -0.2) is 4.79 Å². The molecule has 4 nitrogen and oxygen atoms in total. The van der Waals surface area contributed by atoms with Gasteiger partial charge in [0.25, 0.3) is 0 Å². The molecule has 0 aliphatic heterocycles. The van der Waals surface area contributed by atoms with Gasteiger partial charge in [-0.15, -0.1) is 0 Å². The highest BCUT2D eigenvalue weighted by Gasteiger charge is 2.17. The van der Waals surface area contributed by atoms with Crippen LogP contribution in [0.15, 0.2) is 18.2 Å². The summed E-state index contributed by atoms with van der Waals surface area (Å²) < 4.78 is 0.575. The monoisotopic (exact) mass is 195 g/mol. The van der Waals surface area contributed by atoms with Gasteiger partial charge in [-0.1, -0.05) is 0 Å². The second-order valence-electron chi connectivity index (χ2n) is 4.09. The first kappa shape index (κ1) is 10.5. The molecule has 4 heteroatoms. The Labute approximate surface area is 83.2 Å². The number of anilines is 1. The highest BCUT2D eigenvalue weighted by Crippen LogP contribution is 2.26. The highest BCUT2D eigenvalue weighted by atomic mass is 16.4. The van der Waals surface area contributed by atoms with E-state index in [4.69, 9.17) is 10.8 Å². The SMILES string of the molecule is C[N+](C)(C)c1ccc(C(=O)O)cc1N. The molecule has 0 spiro atoms. The van der Waals surface area contributed by atoms with Crippen LogP contribution < -0.4 is 10.2 Å². The van der Waals surface area contributed by atoms with Crippen molar-refractivity contribution in [1.82, 2.24) is 4.48 Å². The first-order chi connectivity index (χ1) is 6.32. The van der Waals surface area contributed by atoms with Crippen molar-refractivity contribution in [2.24, 2.45) is 0 Å². The van der Waals surface area contributed by atoms with E-state index >= 15 is 0 Å². The van der Waals surface area contributed by atoms with Crippen molar-refractivity contribution in [2.75, 3.05) is 26.9 Å². The minimum Gasteiger partial charge on any atom is -0.478 e. The van der Waals surface area contributed by atoms with Crippen molar-refractivity contribution < 1.29 is 9.90 Å². The Bertz CT molecular complexity index is 367. The van der Waals surface area contributed by atoms with E-state index in [0.717, 1.165) is 5.69 Å². The van der Waals surface area contributed by atoms with Gasteiger partial charge in [0, 0.05) is 6.07 Å². The van der Waals surface area contributed by atoms with Gasteiger partial charge in [0.2, 0.25) is 0 Å². The van der Waals surface area contributed by atoms with Gasteiger partial charge >= 0.3 is 5.97 Å². The fourth-order valence-corrected chi connectivity index (χ4v) is 1.30. The second-order valence-corrected chi connectivity index (χ2v) is 4.09. The summed E-state index contributed by atoms with van der Waals surface area (Å²) in [6.07, 6.45) is 0. The molecule has 3 N–H and O–H groups in total. The Morgan fingerprint density at radius 3 is 2.29 bits per heavy atom. The van der Waals surface area contributed by atoms with Crippen molar-refractivity contribution in [3.8, 4) is 0 Å². The average molecular weight is 195 g/mol. The van der Waals surface area contributed by atoms with Gasteiger partial charge in [-0.3, -0.25) is 4.48 Å². The van der Waals surface area contributed by atoms with Gasteiger partial charge in [0.1, 0.15) is 0 Å². The van der Waals surface area contributed by atoms with E-state index in [-0.39, 0.29) is 5.56 Å². The fourth-order valence-electron chi connectivity index (χ4n) is 1.30. The molecule has 76 valence electrons. The number of benzene rings is 1. The minimum absolute atomic E-state index is 0.222. The Balaban J connectivity index is 3.21. The van der Waals surface area contributed by atoms with Crippen molar-refractivity contribution in [2.45, 2.75) is 0 Å². The molecule has 0 unspecified atom stereocenters. The van der Waals surface area contributed by atoms with Crippen molar-refractivity contribution in [3.63, 3.8) is 0 Å². The Kier molecular flexibility index (Phi) is 2.49. The van der Waals surface area contributed by atoms with Crippen LogP contribution in [0.25, 0.3) is 0 Å². The molecule has 0 aliphatic rings. The zero-order valence-electron chi connectivity index (χ0n) is 8.61. The molecular weight excluding hydrogens is 180 g/mol. The number of carbonyl (C=O) groups is 1. The van der Waals surface area contributed by atoms with Crippen LogP contribution in [0.3, 0.4) is 0 Å². The van der Waals surface area contributed by atoms with Crippen LogP contribution in [-0.2, 0) is 0 Å². The first-order valence-corrected chi connectivity index (χ1v) is 4.27. The summed E-state index contributed by atoms with van der Waals surface area (Å²) >= 11 is 0. The number of hydrogen-bond acceptors (Lipinski definition) is 2. The maximum absolute atomic E-state index is 10.7. The average Bonchev–Trinajstić information content (AvgIpc) is 2.01. The van der Waals surface area contributed by atoms with Crippen LogP contribution in [0, 0.1) is 0 Å². The summed E-state index contributed by atoms with van der Waals surface area (Å²) in [5.74, 6) is -0.954. The van der Waals surface area contributed by atoms with Crippen molar-refractivity contribution in [1.29, 1.82) is 0 Å². The van der Waals surface area contributed by atoms with Crippen LogP contribution in [0.2, 0.25) is 0 Å². The lowest BCUT2D eigenvalue weighted by molar-refractivity contribution is 0.0697. The molecule has 0 saturated heterocycles. The molecule has 0 fully saturated rings. The third-order valence-corrected chi connectivity index (χ3v) is 2.00. The Hall–Kier alpha value is -1.55. The van der Waals surface area contributed by atoms with Gasteiger partial charge in [0.05, 0.1) is 32.4 Å². The van der Waals surface area contributed by atoms with E-state index < -0.39 is 5.97 Å². The Morgan fingerprint density at radius 1 is 1.36 bits per heavy atom. The molecule has 0 saturated carbocycles. The van der Waals surface area contributed by atoms with Crippen LogP contribution in [0.1, 0.15) is 10.4 Å². The van der Waals surface area contributed by atoms with E-state index in [0.29, 0.717) is 10.2 Å². The van der Waals surface area contributed by atoms with Crippen molar-refractivity contribution >= 4 is 17.3 Å². The number of carboxylic acid groups (broad SMARTS) is 1. The molecule has 0 atom stereocenters. The van der Waals surface area contributed by atoms with Crippen LogP contribution in [0.5, 0.6) is 0 Å². The molecule has 1 aromatic carbocycles. The van der Waals surface area contributed by atoms with Crippen LogP contribution in [-0.4, -0.2) is 32.2 Å². The maximum Gasteiger partial charge on any atom is 0.335 e. The Morgan fingerprint density at radius 2 is 1.93 bits per heavy atom. The van der Waals surface area contributed by atoms with E-state index in [1.54, 1.807) is 12.1 Å². The van der Waals surface area contributed by atoms with Crippen LogP contribution >= 0.6 is 0 Å². The van der Waals surface area contributed by atoms with Gasteiger partial charge in [-0.05, 0) is 12.1 Å². The zero-order valence-corrected chi connectivity index (χ0v) is 8.61. The van der Waals surface area contributed by atoms with E-state index in [1.165, 1.54) is 6.07 Å². The molecule has 0 heterocycles. The predicted octanol–water partition coefficient (Wildman–Crippen LogP) is 1.16. The lowest BCUT2D eigenvalue weighted by atomic mass is 10.1. The lowest BCUT2D eigenvalue weighted by Gasteiger charge is -2.24. The molecule has 1 aromatic rings. The molecule has 0 aliphatic carbocycles.